The molecule has 0 unspecified atom stereocenters. The van der Waals surface area contributed by atoms with Crippen LogP contribution in [0.5, 0.6) is 0 Å². The Labute approximate surface area is 174 Å². The Balaban J connectivity index is 1.47. The fraction of sp³-hybridized carbons (Fsp3) is 0.222. The van der Waals surface area contributed by atoms with Crippen LogP contribution in [0.4, 0.5) is 0 Å². The number of nitrogens with zero attached hydrogens (tertiary/aromatic N) is 6. The molecule has 9 nitrogen and oxygen atoms in total. The highest BCUT2D eigenvalue weighted by Gasteiger charge is 2.14. The summed E-state index contributed by atoms with van der Waals surface area (Å²) in [6.07, 6.45) is 3.00. The molecule has 0 aliphatic carbocycles. The van der Waals surface area contributed by atoms with Crippen molar-refractivity contribution in [3.05, 3.63) is 68.3 Å². The predicted molar refractivity (Wildman–Crippen MR) is 109 cm³/mol. The van der Waals surface area contributed by atoms with Crippen molar-refractivity contribution < 1.29 is 4.79 Å². The van der Waals surface area contributed by atoms with Crippen molar-refractivity contribution in [2.75, 3.05) is 6.54 Å². The molecule has 0 atom stereocenters. The molecule has 29 heavy (non-hydrogen) atoms. The molecular formula is C18H16ClN7O2S. The molecule has 148 valence electrons. The number of hydrogen-bond acceptors (Lipinski definition) is 7. The molecule has 0 saturated heterocycles. The number of carbonyl (C=O) groups excluding carboxylic acids is 1. The molecule has 11 heteroatoms. The molecule has 1 aromatic carbocycles. The third kappa shape index (κ3) is 4.03. The zero-order chi connectivity index (χ0) is 20.4. The number of aryl methyl sites for hydroxylation is 1. The lowest BCUT2D eigenvalue weighted by atomic mass is 10.2. The lowest BCUT2D eigenvalue weighted by molar-refractivity contribution is 0.0955. The lowest BCUT2D eigenvalue weighted by Crippen LogP contribution is -2.27. The van der Waals surface area contributed by atoms with Crippen LogP contribution in [0.3, 0.4) is 0 Å². The van der Waals surface area contributed by atoms with Gasteiger partial charge in [-0.3, -0.25) is 14.2 Å². The number of hydrogen-bond donors (Lipinski definition) is 1. The number of benzene rings is 1. The molecule has 4 aromatic rings. The van der Waals surface area contributed by atoms with E-state index in [-0.39, 0.29) is 11.5 Å². The predicted octanol–water partition coefficient (Wildman–Crippen LogP) is 1.88. The van der Waals surface area contributed by atoms with Gasteiger partial charge in [0, 0.05) is 11.6 Å². The van der Waals surface area contributed by atoms with Crippen molar-refractivity contribution in [1.82, 2.24) is 34.2 Å². The quantitative estimate of drug-likeness (QED) is 0.501. The maximum Gasteiger partial charge on any atom is 0.265 e. The van der Waals surface area contributed by atoms with Crippen LogP contribution in [0, 0.1) is 6.92 Å². The molecule has 3 heterocycles. The SMILES string of the molecule is Cc1nnsc1C(=O)NCCn1ncc2c(=O)n(Cc3ccc(Cl)cc3)cnc21. The topological polar surface area (TPSA) is 108 Å². The van der Waals surface area contributed by atoms with Gasteiger partial charge in [-0.1, -0.05) is 28.2 Å². The molecule has 0 spiro atoms. The van der Waals surface area contributed by atoms with E-state index in [1.54, 1.807) is 23.7 Å². The molecule has 0 aliphatic rings. The maximum atomic E-state index is 12.7. The van der Waals surface area contributed by atoms with Crippen LogP contribution in [0.1, 0.15) is 20.9 Å². The van der Waals surface area contributed by atoms with Crippen LogP contribution in [0.15, 0.2) is 41.6 Å². The third-order valence-corrected chi connectivity index (χ3v) is 5.43. The van der Waals surface area contributed by atoms with Gasteiger partial charge in [-0.15, -0.1) is 5.10 Å². The zero-order valence-corrected chi connectivity index (χ0v) is 16.9. The van der Waals surface area contributed by atoms with Gasteiger partial charge in [-0.25, -0.2) is 9.67 Å². The van der Waals surface area contributed by atoms with Gasteiger partial charge in [0.1, 0.15) is 16.6 Å². The van der Waals surface area contributed by atoms with E-state index >= 15 is 0 Å². The van der Waals surface area contributed by atoms with Crippen LogP contribution < -0.4 is 10.9 Å². The molecule has 4 rings (SSSR count). The van der Waals surface area contributed by atoms with Crippen molar-refractivity contribution >= 4 is 40.1 Å². The molecule has 0 aliphatic heterocycles. The average molecular weight is 430 g/mol. The Kier molecular flexibility index (Phi) is 5.36. The number of aromatic nitrogens is 6. The second kappa shape index (κ2) is 8.10. The van der Waals surface area contributed by atoms with Gasteiger partial charge in [0.25, 0.3) is 11.5 Å². The summed E-state index contributed by atoms with van der Waals surface area (Å²) in [7, 11) is 0. The minimum absolute atomic E-state index is 0.174. The second-order valence-electron chi connectivity index (χ2n) is 6.35. The Morgan fingerprint density at radius 1 is 1.28 bits per heavy atom. The number of carbonyl (C=O) groups is 1. The standard InChI is InChI=1S/C18H16ClN7O2S/c1-11-15(29-24-23-11)17(27)20-6-7-26-16-14(8-22-26)18(28)25(10-21-16)9-12-2-4-13(19)5-3-12/h2-5,8,10H,6-7,9H2,1H3,(H,20,27). The Morgan fingerprint density at radius 3 is 2.79 bits per heavy atom. The summed E-state index contributed by atoms with van der Waals surface area (Å²) in [5, 5.41) is 11.9. The second-order valence-corrected chi connectivity index (χ2v) is 7.54. The highest BCUT2D eigenvalue weighted by Crippen LogP contribution is 2.11. The summed E-state index contributed by atoms with van der Waals surface area (Å²) in [5.74, 6) is -0.229. The summed E-state index contributed by atoms with van der Waals surface area (Å²) in [4.78, 5) is 29.7. The maximum absolute atomic E-state index is 12.7. The van der Waals surface area contributed by atoms with Crippen molar-refractivity contribution in [2.24, 2.45) is 0 Å². The largest absolute Gasteiger partial charge is 0.349 e. The van der Waals surface area contributed by atoms with Crippen LogP contribution in [0.2, 0.25) is 5.02 Å². The van der Waals surface area contributed by atoms with Gasteiger partial charge in [-0.05, 0) is 36.2 Å². The van der Waals surface area contributed by atoms with Crippen molar-refractivity contribution in [2.45, 2.75) is 20.0 Å². The Bertz CT molecular complexity index is 1230. The summed E-state index contributed by atoms with van der Waals surface area (Å²) in [6.45, 7) is 2.84. The summed E-state index contributed by atoms with van der Waals surface area (Å²) >= 11 is 6.95. The minimum Gasteiger partial charge on any atom is -0.349 e. The van der Waals surface area contributed by atoms with Crippen molar-refractivity contribution in [3.8, 4) is 0 Å². The fourth-order valence-corrected chi connectivity index (χ4v) is 3.55. The van der Waals surface area contributed by atoms with Crippen LogP contribution in [-0.4, -0.2) is 41.4 Å². The first-order chi connectivity index (χ1) is 14.0. The van der Waals surface area contributed by atoms with Gasteiger partial charge in [-0.2, -0.15) is 5.10 Å². The zero-order valence-electron chi connectivity index (χ0n) is 15.4. The van der Waals surface area contributed by atoms with E-state index in [1.807, 2.05) is 12.1 Å². The van der Waals surface area contributed by atoms with E-state index in [0.717, 1.165) is 17.1 Å². The third-order valence-electron chi connectivity index (χ3n) is 4.36. The first kappa shape index (κ1) is 19.2. The van der Waals surface area contributed by atoms with E-state index in [9.17, 15) is 9.59 Å². The average Bonchev–Trinajstić information content (AvgIpc) is 3.32. The highest BCUT2D eigenvalue weighted by molar-refractivity contribution is 7.08. The summed E-state index contributed by atoms with van der Waals surface area (Å²) < 4.78 is 6.88. The van der Waals surface area contributed by atoms with E-state index in [1.165, 1.54) is 17.1 Å². The molecular weight excluding hydrogens is 414 g/mol. The normalized spacial score (nSPS) is 11.1. The molecule has 0 fully saturated rings. The van der Waals surface area contributed by atoms with Crippen LogP contribution in [0.25, 0.3) is 11.0 Å². The first-order valence-corrected chi connectivity index (χ1v) is 9.90. The lowest BCUT2D eigenvalue weighted by Gasteiger charge is -2.07. The molecule has 0 radical (unpaired) electrons. The highest BCUT2D eigenvalue weighted by atomic mass is 35.5. The van der Waals surface area contributed by atoms with Gasteiger partial charge < -0.3 is 5.32 Å². The number of halogens is 1. The number of amides is 1. The number of fused-ring (bicyclic) bond motifs is 1. The van der Waals surface area contributed by atoms with Gasteiger partial charge in [0.2, 0.25) is 0 Å². The number of nitrogens with one attached hydrogen (secondary N) is 1. The van der Waals surface area contributed by atoms with E-state index in [2.05, 4.69) is 25.0 Å². The van der Waals surface area contributed by atoms with Crippen molar-refractivity contribution in [1.29, 1.82) is 0 Å². The molecule has 0 saturated carbocycles. The molecule has 1 N–H and O–H groups in total. The van der Waals surface area contributed by atoms with Crippen LogP contribution >= 0.6 is 23.1 Å². The van der Waals surface area contributed by atoms with Crippen LogP contribution in [-0.2, 0) is 13.1 Å². The fourth-order valence-electron chi connectivity index (χ4n) is 2.86. The molecule has 0 bridgehead atoms. The summed E-state index contributed by atoms with van der Waals surface area (Å²) in [5.41, 5.74) is 1.85. The van der Waals surface area contributed by atoms with Gasteiger partial charge >= 0.3 is 0 Å². The number of rotatable bonds is 6. The summed E-state index contributed by atoms with van der Waals surface area (Å²) in [6, 6.07) is 7.30. The van der Waals surface area contributed by atoms with E-state index < -0.39 is 0 Å². The van der Waals surface area contributed by atoms with Gasteiger partial charge in [0.05, 0.1) is 25.0 Å². The molecule has 1 amide bonds. The van der Waals surface area contributed by atoms with E-state index in [4.69, 9.17) is 11.6 Å². The Hall–Kier alpha value is -3.11. The van der Waals surface area contributed by atoms with Crippen molar-refractivity contribution in [3.63, 3.8) is 0 Å². The van der Waals surface area contributed by atoms with E-state index in [0.29, 0.717) is 46.3 Å². The van der Waals surface area contributed by atoms with Gasteiger partial charge in [0.15, 0.2) is 5.65 Å². The minimum atomic E-state index is -0.229. The first-order valence-electron chi connectivity index (χ1n) is 8.75. The molecule has 3 aromatic heterocycles. The Morgan fingerprint density at radius 2 is 2.07 bits per heavy atom. The monoisotopic (exact) mass is 429 g/mol. The smallest absolute Gasteiger partial charge is 0.265 e.